The summed E-state index contributed by atoms with van der Waals surface area (Å²) in [4.78, 5) is 102. The van der Waals surface area contributed by atoms with Crippen LogP contribution in [0.2, 0.25) is 0 Å². The molecule has 19 heteroatoms. The van der Waals surface area contributed by atoms with Crippen LogP contribution in [0.5, 0.6) is 11.5 Å². The number of rotatable bonds is 19. The average Bonchev–Trinajstić information content (AvgIpc) is 4.14. The standard InChI is InChI=1S/C61H81N9O10/c1-3-4-5-6-7-8-36-80-48-30-26-44(27-31-48)42-20-18-41(19-21-42)43-22-24-45(25-23-43)55(73)65-49-13-10-34-64-58(76)53-37-46(63)38-70(53)60(78)51(12-9-33-62)67-56(74)50(32-17-40-15-28-47(72)29-16-40)66-59(77)52-14-11-35-69(52)61(79)54(39(2)71)68-57(49)75/h15-16,18-31,39,46,49-54,71-72H,3-14,17,32-38,62-63H2,1-2H3,(H,64,76)(H,65,73)(H,66,77)(H,67,74)(H,68,75)/t39-,46+,49+,50+,51+,52+,53+,54+/m1/s1. The number of aryl methyl sites for hydroxylation is 1. The first-order chi connectivity index (χ1) is 38.6. The van der Waals surface area contributed by atoms with Gasteiger partial charge in [0, 0.05) is 31.2 Å². The zero-order valence-corrected chi connectivity index (χ0v) is 46.2. The second-order valence-electron chi connectivity index (χ2n) is 21.4. The van der Waals surface area contributed by atoms with Gasteiger partial charge in [-0.1, -0.05) is 99.7 Å². The molecule has 0 spiro atoms. The summed E-state index contributed by atoms with van der Waals surface area (Å²) < 4.78 is 5.97. The quantitative estimate of drug-likeness (QED) is 0.0583. The minimum atomic E-state index is -1.54. The van der Waals surface area contributed by atoms with E-state index in [9.17, 15) is 43.8 Å². The molecule has 3 fully saturated rings. The Morgan fingerprint density at radius 1 is 0.688 bits per heavy atom. The average molecular weight is 1100 g/mol. The number of carbonyl (C=O) groups excluding carboxylic acids is 7. The topological polar surface area (TPSA) is 288 Å². The monoisotopic (exact) mass is 1100 g/mol. The van der Waals surface area contributed by atoms with Crippen LogP contribution < -0.4 is 42.8 Å². The predicted octanol–water partition coefficient (Wildman–Crippen LogP) is 4.60. The number of ether oxygens (including phenoxy) is 1. The molecule has 3 saturated heterocycles. The second-order valence-corrected chi connectivity index (χ2v) is 21.4. The van der Waals surface area contributed by atoms with Gasteiger partial charge in [0.1, 0.15) is 47.8 Å². The van der Waals surface area contributed by atoms with Crippen molar-refractivity contribution in [3.63, 3.8) is 0 Å². The SMILES string of the molecule is CCCCCCCCOc1ccc(-c2ccc(-c3ccc(C(=O)N[C@H]4CCCNC(=O)[C@@H]5C[C@H](N)CN5C(=O)[C@H](CCCN)NC(=O)[C@H](CCc5ccc(O)cc5)NC(=O)[C@@H]5CCCN5C(=O)[C@H]([C@@H](C)O)NC4=O)cc3)cc2)cc1. The molecule has 0 bridgehead atoms. The third kappa shape index (κ3) is 16.6. The molecule has 0 unspecified atom stereocenters. The van der Waals surface area contributed by atoms with E-state index in [1.54, 1.807) is 24.3 Å². The van der Waals surface area contributed by atoms with Crippen molar-refractivity contribution in [3.8, 4) is 33.8 Å². The smallest absolute Gasteiger partial charge is 0.251 e. The molecular weight excluding hydrogens is 1020 g/mol. The highest BCUT2D eigenvalue weighted by Crippen LogP contribution is 2.28. The van der Waals surface area contributed by atoms with Crippen molar-refractivity contribution in [2.75, 3.05) is 32.8 Å². The van der Waals surface area contributed by atoms with Crippen molar-refractivity contribution >= 4 is 41.4 Å². The molecule has 11 N–H and O–H groups in total. The number of carbonyl (C=O) groups is 7. The van der Waals surface area contributed by atoms with E-state index in [1.807, 2.05) is 60.7 Å². The normalized spacial score (nSPS) is 22.9. The van der Waals surface area contributed by atoms with Gasteiger partial charge in [0.05, 0.1) is 12.7 Å². The van der Waals surface area contributed by atoms with E-state index in [-0.39, 0.29) is 82.4 Å². The fourth-order valence-electron chi connectivity index (χ4n) is 10.7. The van der Waals surface area contributed by atoms with E-state index in [0.717, 1.165) is 40.0 Å². The first kappa shape index (κ1) is 60.3. The van der Waals surface area contributed by atoms with Gasteiger partial charge in [-0.05, 0) is 142 Å². The molecule has 4 aromatic rings. The van der Waals surface area contributed by atoms with Crippen LogP contribution in [0.4, 0.5) is 0 Å². The summed E-state index contributed by atoms with van der Waals surface area (Å²) in [7, 11) is 0. The highest BCUT2D eigenvalue weighted by molar-refractivity contribution is 6.00. The number of phenols is 1. The third-order valence-corrected chi connectivity index (χ3v) is 15.3. The van der Waals surface area contributed by atoms with Gasteiger partial charge >= 0.3 is 0 Å². The number of unbranched alkanes of at least 4 members (excludes halogenated alkanes) is 5. The molecule has 3 heterocycles. The molecule has 8 atom stereocenters. The van der Waals surface area contributed by atoms with Crippen LogP contribution in [-0.4, -0.2) is 143 Å². The number of hydrogen-bond acceptors (Lipinski definition) is 12. The molecule has 430 valence electrons. The zero-order chi connectivity index (χ0) is 57.1. The van der Waals surface area contributed by atoms with Crippen LogP contribution in [0, 0.1) is 0 Å². The van der Waals surface area contributed by atoms with E-state index in [4.69, 9.17) is 16.2 Å². The van der Waals surface area contributed by atoms with Crippen LogP contribution in [0.3, 0.4) is 0 Å². The Hall–Kier alpha value is -7.35. The first-order valence-electron chi connectivity index (χ1n) is 28.6. The Morgan fingerprint density at radius 2 is 1.31 bits per heavy atom. The summed E-state index contributed by atoms with van der Waals surface area (Å²) in [6.45, 7) is 4.63. The number of nitrogens with two attached hydrogens (primary N) is 2. The minimum absolute atomic E-state index is 0.0156. The molecule has 7 amide bonds. The number of aliphatic hydroxyl groups excluding tert-OH is 1. The molecular formula is C61H81N9O10. The number of nitrogens with one attached hydrogen (secondary N) is 5. The van der Waals surface area contributed by atoms with Gasteiger partial charge in [-0.15, -0.1) is 0 Å². The summed E-state index contributed by atoms with van der Waals surface area (Å²) in [5, 5.41) is 35.0. The maximum absolute atomic E-state index is 14.4. The molecule has 0 aliphatic carbocycles. The van der Waals surface area contributed by atoms with E-state index >= 15 is 0 Å². The fourth-order valence-corrected chi connectivity index (χ4v) is 10.7. The lowest BCUT2D eigenvalue weighted by molar-refractivity contribution is -0.144. The molecule has 80 heavy (non-hydrogen) atoms. The number of phenolic OH excluding ortho intramolecular Hbond substituents is 1. The molecule has 3 aliphatic rings. The van der Waals surface area contributed by atoms with Crippen LogP contribution in [-0.2, 0) is 35.2 Å². The lowest BCUT2D eigenvalue weighted by atomic mass is 9.99. The van der Waals surface area contributed by atoms with Crippen molar-refractivity contribution in [2.24, 2.45) is 11.5 Å². The van der Waals surface area contributed by atoms with Crippen LogP contribution in [0.15, 0.2) is 97.1 Å². The van der Waals surface area contributed by atoms with E-state index in [1.165, 1.54) is 61.0 Å². The largest absolute Gasteiger partial charge is 0.508 e. The van der Waals surface area contributed by atoms with Crippen molar-refractivity contribution < 1.29 is 48.5 Å². The summed E-state index contributed by atoms with van der Waals surface area (Å²) in [5.41, 5.74) is 17.1. The molecule has 19 nitrogen and oxygen atoms in total. The summed E-state index contributed by atoms with van der Waals surface area (Å²) in [5.74, 6) is -3.59. The van der Waals surface area contributed by atoms with Gasteiger partial charge in [-0.25, -0.2) is 0 Å². The summed E-state index contributed by atoms with van der Waals surface area (Å²) in [6, 6.07) is 21.7. The van der Waals surface area contributed by atoms with E-state index < -0.39 is 89.7 Å². The maximum Gasteiger partial charge on any atom is 0.251 e. The van der Waals surface area contributed by atoms with Crippen LogP contribution >= 0.6 is 0 Å². The minimum Gasteiger partial charge on any atom is -0.508 e. The fraction of sp³-hybridized carbons (Fsp3) is 0.492. The van der Waals surface area contributed by atoms with Gasteiger partial charge in [0.15, 0.2) is 0 Å². The highest BCUT2D eigenvalue weighted by Gasteiger charge is 2.43. The Morgan fingerprint density at radius 3 is 1.96 bits per heavy atom. The summed E-state index contributed by atoms with van der Waals surface area (Å²) in [6.07, 6.45) is 7.50. The Labute approximate surface area is 469 Å². The van der Waals surface area contributed by atoms with Gasteiger partial charge in [-0.3, -0.25) is 33.6 Å². The molecule has 7 rings (SSSR count). The third-order valence-electron chi connectivity index (χ3n) is 15.3. The number of benzene rings is 4. The number of aromatic hydroxyl groups is 1. The van der Waals surface area contributed by atoms with Gasteiger partial charge in [0.2, 0.25) is 35.4 Å². The number of hydrogen-bond donors (Lipinski definition) is 9. The van der Waals surface area contributed by atoms with Gasteiger partial charge in [-0.2, -0.15) is 0 Å². The Balaban J connectivity index is 1.07. The van der Waals surface area contributed by atoms with Gasteiger partial charge in [0.25, 0.3) is 5.91 Å². The number of nitrogens with zero attached hydrogens (tertiary/aromatic N) is 2. The maximum atomic E-state index is 14.4. The van der Waals surface area contributed by atoms with Crippen LogP contribution in [0.25, 0.3) is 22.3 Å². The first-order valence-corrected chi connectivity index (χ1v) is 28.6. The molecule has 4 aromatic carbocycles. The second kappa shape index (κ2) is 29.7. The van der Waals surface area contributed by atoms with E-state index in [2.05, 4.69) is 33.5 Å². The summed E-state index contributed by atoms with van der Waals surface area (Å²) >= 11 is 0. The number of amides is 7. The molecule has 0 aromatic heterocycles. The lowest BCUT2D eigenvalue weighted by Crippen LogP contribution is -2.61. The Bertz CT molecular complexity index is 2710. The van der Waals surface area contributed by atoms with Crippen molar-refractivity contribution in [1.29, 1.82) is 0 Å². The van der Waals surface area contributed by atoms with Crippen molar-refractivity contribution in [2.45, 2.75) is 159 Å². The Kier molecular flexibility index (Phi) is 22.4. The molecule has 3 aliphatic heterocycles. The van der Waals surface area contributed by atoms with Crippen molar-refractivity contribution in [1.82, 2.24) is 36.4 Å². The lowest BCUT2D eigenvalue weighted by Gasteiger charge is -2.32. The highest BCUT2D eigenvalue weighted by atomic mass is 16.5. The van der Waals surface area contributed by atoms with Crippen molar-refractivity contribution in [3.05, 3.63) is 108 Å². The number of fused-ring (bicyclic) bond motifs is 2. The van der Waals surface area contributed by atoms with Crippen LogP contribution in [0.1, 0.15) is 120 Å². The van der Waals surface area contributed by atoms with E-state index in [0.29, 0.717) is 19.4 Å². The van der Waals surface area contributed by atoms with Gasteiger partial charge < -0.3 is 62.8 Å². The molecule has 0 saturated carbocycles. The number of aliphatic hydroxyl groups is 1. The zero-order valence-electron chi connectivity index (χ0n) is 46.2. The predicted molar refractivity (Wildman–Crippen MR) is 305 cm³/mol. The molecule has 0 radical (unpaired) electrons.